The Labute approximate surface area is 137 Å². The number of H-pyrrole nitrogens is 1. The van der Waals surface area contributed by atoms with E-state index in [-0.39, 0.29) is 16.9 Å². The van der Waals surface area contributed by atoms with E-state index in [2.05, 4.69) is 10.1 Å². The van der Waals surface area contributed by atoms with Gasteiger partial charge < -0.3 is 10.1 Å². The number of rotatable bonds is 2. The summed E-state index contributed by atoms with van der Waals surface area (Å²) < 4.78 is 1.64. The lowest BCUT2D eigenvalue weighted by atomic mass is 10.0. The number of aromatic nitrogens is 3. The van der Waals surface area contributed by atoms with Gasteiger partial charge in [0.05, 0.1) is 22.3 Å². The van der Waals surface area contributed by atoms with E-state index in [0.29, 0.717) is 22.3 Å². The molecule has 2 N–H and O–H groups in total. The molecule has 118 valence electrons. The largest absolute Gasteiger partial charge is 0.506 e. The number of nitrogens with zero attached hydrogens (tertiary/aromatic N) is 2. The van der Waals surface area contributed by atoms with Crippen molar-refractivity contribution in [2.45, 2.75) is 6.92 Å². The number of hydrogen-bond acceptors (Lipinski definition) is 3. The number of aromatic amines is 1. The maximum atomic E-state index is 12.6. The Hall–Kier alpha value is -3.34. The monoisotopic (exact) mass is 317 g/mol. The third-order valence-electron chi connectivity index (χ3n) is 4.06. The van der Waals surface area contributed by atoms with Crippen LogP contribution in [0.15, 0.2) is 65.5 Å². The van der Waals surface area contributed by atoms with E-state index in [1.54, 1.807) is 16.8 Å². The van der Waals surface area contributed by atoms with Crippen LogP contribution in [0.3, 0.4) is 0 Å². The number of aryl methyl sites for hydroxylation is 1. The van der Waals surface area contributed by atoms with Crippen molar-refractivity contribution >= 4 is 11.0 Å². The predicted molar refractivity (Wildman–Crippen MR) is 93.5 cm³/mol. The van der Waals surface area contributed by atoms with Crippen LogP contribution < -0.4 is 5.56 Å². The second-order valence-corrected chi connectivity index (χ2v) is 5.60. The lowest BCUT2D eigenvalue weighted by molar-refractivity contribution is 0.482. The van der Waals surface area contributed by atoms with Crippen LogP contribution in [0.2, 0.25) is 0 Å². The Morgan fingerprint density at radius 1 is 1.00 bits per heavy atom. The van der Waals surface area contributed by atoms with Crippen molar-refractivity contribution in [2.75, 3.05) is 0 Å². The Balaban J connectivity index is 2.06. The molecule has 0 aliphatic rings. The van der Waals surface area contributed by atoms with Crippen LogP contribution in [0.5, 0.6) is 5.75 Å². The number of benzene rings is 2. The van der Waals surface area contributed by atoms with Crippen LogP contribution in [0, 0.1) is 6.92 Å². The summed E-state index contributed by atoms with van der Waals surface area (Å²) in [6.07, 6.45) is 0. The third-order valence-corrected chi connectivity index (χ3v) is 4.06. The van der Waals surface area contributed by atoms with Crippen molar-refractivity contribution in [3.63, 3.8) is 0 Å². The number of para-hydroxylation sites is 1. The standard InChI is InChI=1S/C19H15N3O2/c1-12-15-17(23)16(13-8-4-2-5-9-13)19(24)20-18(15)22(21-12)14-10-6-3-7-11-14/h2-11H,1H3,(H2,20,23,24). The highest BCUT2D eigenvalue weighted by atomic mass is 16.3. The second kappa shape index (κ2) is 5.38. The molecule has 0 unspecified atom stereocenters. The summed E-state index contributed by atoms with van der Waals surface area (Å²) in [4.78, 5) is 15.5. The summed E-state index contributed by atoms with van der Waals surface area (Å²) in [6, 6.07) is 18.6. The summed E-state index contributed by atoms with van der Waals surface area (Å²) in [5.41, 5.74) is 2.55. The zero-order chi connectivity index (χ0) is 16.7. The number of aromatic hydroxyl groups is 1. The summed E-state index contributed by atoms with van der Waals surface area (Å²) in [5.74, 6) is -0.0420. The van der Waals surface area contributed by atoms with Crippen molar-refractivity contribution in [3.8, 4) is 22.6 Å². The van der Waals surface area contributed by atoms with E-state index in [1.807, 2.05) is 55.5 Å². The van der Waals surface area contributed by atoms with Crippen LogP contribution in [0.1, 0.15) is 5.69 Å². The molecule has 2 aromatic carbocycles. The molecule has 4 rings (SSSR count). The lowest BCUT2D eigenvalue weighted by Gasteiger charge is -2.07. The maximum Gasteiger partial charge on any atom is 0.261 e. The van der Waals surface area contributed by atoms with Gasteiger partial charge in [-0.2, -0.15) is 5.10 Å². The average molecular weight is 317 g/mol. The van der Waals surface area contributed by atoms with Gasteiger partial charge in [0.25, 0.3) is 5.56 Å². The van der Waals surface area contributed by atoms with E-state index in [9.17, 15) is 9.90 Å². The van der Waals surface area contributed by atoms with Crippen LogP contribution in [0.25, 0.3) is 27.8 Å². The fraction of sp³-hybridized carbons (Fsp3) is 0.0526. The minimum Gasteiger partial charge on any atom is -0.506 e. The molecular formula is C19H15N3O2. The first-order valence-electron chi connectivity index (χ1n) is 7.62. The van der Waals surface area contributed by atoms with Gasteiger partial charge in [-0.3, -0.25) is 4.79 Å². The predicted octanol–water partition coefficient (Wildman–Crippen LogP) is 3.39. The van der Waals surface area contributed by atoms with Gasteiger partial charge in [-0.15, -0.1) is 0 Å². The SMILES string of the molecule is Cc1nn(-c2ccccc2)c2[nH]c(=O)c(-c3ccccc3)c(O)c12. The number of pyridine rings is 1. The molecule has 0 radical (unpaired) electrons. The van der Waals surface area contributed by atoms with Crippen molar-refractivity contribution in [1.29, 1.82) is 0 Å². The molecule has 0 amide bonds. The smallest absolute Gasteiger partial charge is 0.261 e. The van der Waals surface area contributed by atoms with Crippen molar-refractivity contribution in [3.05, 3.63) is 76.7 Å². The highest BCUT2D eigenvalue weighted by Gasteiger charge is 2.20. The summed E-state index contributed by atoms with van der Waals surface area (Å²) >= 11 is 0. The van der Waals surface area contributed by atoms with Crippen molar-refractivity contribution < 1.29 is 5.11 Å². The molecular weight excluding hydrogens is 302 g/mol. The fourth-order valence-corrected chi connectivity index (χ4v) is 2.96. The maximum absolute atomic E-state index is 12.6. The van der Waals surface area contributed by atoms with Crippen molar-refractivity contribution in [2.24, 2.45) is 0 Å². The van der Waals surface area contributed by atoms with E-state index in [0.717, 1.165) is 5.69 Å². The van der Waals surface area contributed by atoms with Gasteiger partial charge >= 0.3 is 0 Å². The average Bonchev–Trinajstić information content (AvgIpc) is 2.93. The minimum absolute atomic E-state index is 0.0420. The van der Waals surface area contributed by atoms with Gasteiger partial charge in [0.15, 0.2) is 0 Å². The highest BCUT2D eigenvalue weighted by Crippen LogP contribution is 2.34. The van der Waals surface area contributed by atoms with Gasteiger partial charge in [0, 0.05) is 0 Å². The molecule has 24 heavy (non-hydrogen) atoms. The fourth-order valence-electron chi connectivity index (χ4n) is 2.96. The Kier molecular flexibility index (Phi) is 3.20. The van der Waals surface area contributed by atoms with E-state index in [4.69, 9.17) is 0 Å². The summed E-state index contributed by atoms with van der Waals surface area (Å²) in [5, 5.41) is 15.8. The normalized spacial score (nSPS) is 11.0. The zero-order valence-electron chi connectivity index (χ0n) is 13.0. The topological polar surface area (TPSA) is 70.9 Å². The Bertz CT molecular complexity index is 1080. The molecule has 0 spiro atoms. The minimum atomic E-state index is -0.344. The van der Waals surface area contributed by atoms with Crippen molar-refractivity contribution in [1.82, 2.24) is 14.8 Å². The molecule has 0 atom stereocenters. The van der Waals surface area contributed by atoms with Crippen LogP contribution in [0.4, 0.5) is 0 Å². The number of nitrogens with one attached hydrogen (secondary N) is 1. The van der Waals surface area contributed by atoms with Crippen LogP contribution >= 0.6 is 0 Å². The van der Waals surface area contributed by atoms with E-state index < -0.39 is 0 Å². The molecule has 4 aromatic rings. The molecule has 0 aliphatic heterocycles. The van der Waals surface area contributed by atoms with Gasteiger partial charge in [-0.25, -0.2) is 4.68 Å². The molecule has 2 aromatic heterocycles. The second-order valence-electron chi connectivity index (χ2n) is 5.60. The zero-order valence-corrected chi connectivity index (χ0v) is 13.0. The number of fused-ring (bicyclic) bond motifs is 1. The summed E-state index contributed by atoms with van der Waals surface area (Å²) in [6.45, 7) is 1.81. The summed E-state index contributed by atoms with van der Waals surface area (Å²) in [7, 11) is 0. The highest BCUT2D eigenvalue weighted by molar-refractivity contribution is 5.92. The first-order valence-corrected chi connectivity index (χ1v) is 7.62. The van der Waals surface area contributed by atoms with Gasteiger partial charge in [0.1, 0.15) is 11.4 Å². The lowest BCUT2D eigenvalue weighted by Crippen LogP contribution is -2.11. The van der Waals surface area contributed by atoms with Gasteiger partial charge in [-0.1, -0.05) is 48.5 Å². The van der Waals surface area contributed by atoms with E-state index >= 15 is 0 Å². The van der Waals surface area contributed by atoms with E-state index in [1.165, 1.54) is 0 Å². The molecule has 0 saturated heterocycles. The van der Waals surface area contributed by atoms with Gasteiger partial charge in [-0.05, 0) is 24.6 Å². The van der Waals surface area contributed by atoms with Crippen LogP contribution in [-0.2, 0) is 0 Å². The molecule has 2 heterocycles. The molecule has 5 heteroatoms. The Morgan fingerprint density at radius 3 is 2.29 bits per heavy atom. The molecule has 5 nitrogen and oxygen atoms in total. The number of hydrogen-bond donors (Lipinski definition) is 2. The first kappa shape index (κ1) is 14.3. The molecule has 0 saturated carbocycles. The molecule has 0 aliphatic carbocycles. The third kappa shape index (κ3) is 2.10. The Morgan fingerprint density at radius 2 is 1.62 bits per heavy atom. The molecule has 0 bridgehead atoms. The van der Waals surface area contributed by atoms with Crippen LogP contribution in [-0.4, -0.2) is 19.9 Å². The molecule has 0 fully saturated rings. The first-order chi connectivity index (χ1) is 11.7. The van der Waals surface area contributed by atoms with Gasteiger partial charge in [0.2, 0.25) is 0 Å². The quantitative estimate of drug-likeness (QED) is 0.595.